The van der Waals surface area contributed by atoms with E-state index in [9.17, 15) is 14.9 Å². The first-order valence-corrected chi connectivity index (χ1v) is 8.28. The number of carbonyl (C=O) groups excluding carboxylic acids is 1. The van der Waals surface area contributed by atoms with Crippen LogP contribution < -0.4 is 24.4 Å². The SMILES string of the molecule is COc1ccc([N+](=O)[O-])cc1NC(=O)C[NH+](C)Cc1ccc2c(c1)OCO2. The molecule has 3 rings (SSSR count). The molecule has 1 aliphatic heterocycles. The summed E-state index contributed by atoms with van der Waals surface area (Å²) in [5.74, 6) is 1.51. The van der Waals surface area contributed by atoms with E-state index in [1.807, 2.05) is 25.2 Å². The van der Waals surface area contributed by atoms with Gasteiger partial charge in [-0.1, -0.05) is 0 Å². The lowest BCUT2D eigenvalue weighted by molar-refractivity contribution is -0.885. The number of anilines is 1. The molecule has 2 aromatic rings. The molecule has 1 heterocycles. The fourth-order valence-electron chi connectivity index (χ4n) is 2.84. The van der Waals surface area contributed by atoms with E-state index in [0.717, 1.165) is 10.5 Å². The molecular formula is C18H20N3O6+. The van der Waals surface area contributed by atoms with Gasteiger partial charge in [0.15, 0.2) is 18.0 Å². The maximum absolute atomic E-state index is 12.3. The number of quaternary nitrogens is 1. The van der Waals surface area contributed by atoms with Crippen molar-refractivity contribution in [1.29, 1.82) is 0 Å². The fourth-order valence-corrected chi connectivity index (χ4v) is 2.84. The van der Waals surface area contributed by atoms with Crippen molar-refractivity contribution in [3.63, 3.8) is 0 Å². The zero-order chi connectivity index (χ0) is 19.4. The van der Waals surface area contributed by atoms with Crippen LogP contribution in [0.2, 0.25) is 0 Å². The maximum atomic E-state index is 12.3. The van der Waals surface area contributed by atoms with Gasteiger partial charge < -0.3 is 24.4 Å². The molecule has 142 valence electrons. The minimum atomic E-state index is -0.522. The van der Waals surface area contributed by atoms with Gasteiger partial charge in [0.1, 0.15) is 12.3 Å². The van der Waals surface area contributed by atoms with Crippen LogP contribution in [0.3, 0.4) is 0 Å². The zero-order valence-electron chi connectivity index (χ0n) is 15.0. The maximum Gasteiger partial charge on any atom is 0.279 e. The van der Waals surface area contributed by atoms with Gasteiger partial charge in [0.05, 0.1) is 24.8 Å². The number of fused-ring (bicyclic) bond motifs is 1. The zero-order valence-corrected chi connectivity index (χ0v) is 15.0. The van der Waals surface area contributed by atoms with Gasteiger partial charge in [-0.3, -0.25) is 14.9 Å². The van der Waals surface area contributed by atoms with Gasteiger partial charge in [0, 0.05) is 17.7 Å². The molecule has 2 aromatic carbocycles. The number of nitro groups is 1. The molecule has 0 saturated carbocycles. The van der Waals surface area contributed by atoms with Crippen LogP contribution in [-0.2, 0) is 11.3 Å². The van der Waals surface area contributed by atoms with Crippen LogP contribution in [0.25, 0.3) is 0 Å². The molecule has 9 nitrogen and oxygen atoms in total. The Morgan fingerprint density at radius 1 is 1.26 bits per heavy atom. The molecule has 0 fully saturated rings. The summed E-state index contributed by atoms with van der Waals surface area (Å²) in [7, 11) is 3.32. The molecule has 0 spiro atoms. The molecule has 2 N–H and O–H groups in total. The Morgan fingerprint density at radius 2 is 2.04 bits per heavy atom. The smallest absolute Gasteiger partial charge is 0.279 e. The normalized spacial score (nSPS) is 13.1. The average Bonchev–Trinajstić information content (AvgIpc) is 3.09. The van der Waals surface area contributed by atoms with Gasteiger partial charge in [0.25, 0.3) is 11.6 Å². The van der Waals surface area contributed by atoms with E-state index in [1.165, 1.54) is 25.3 Å². The highest BCUT2D eigenvalue weighted by atomic mass is 16.7. The summed E-state index contributed by atoms with van der Waals surface area (Å²) in [4.78, 5) is 23.7. The van der Waals surface area contributed by atoms with Crippen LogP contribution in [0.15, 0.2) is 36.4 Å². The first-order valence-electron chi connectivity index (χ1n) is 8.28. The fraction of sp³-hybridized carbons (Fsp3) is 0.278. The van der Waals surface area contributed by atoms with Crippen molar-refractivity contribution in [3.05, 3.63) is 52.1 Å². The quantitative estimate of drug-likeness (QED) is 0.553. The predicted octanol–water partition coefficient (Wildman–Crippen LogP) is 0.985. The van der Waals surface area contributed by atoms with E-state index in [2.05, 4.69) is 5.32 Å². The summed E-state index contributed by atoms with van der Waals surface area (Å²) >= 11 is 0. The Hall–Kier alpha value is -3.33. The molecule has 1 amide bonds. The third kappa shape index (κ3) is 4.45. The summed E-state index contributed by atoms with van der Waals surface area (Å²) < 4.78 is 15.8. The lowest BCUT2D eigenvalue weighted by Crippen LogP contribution is -3.08. The van der Waals surface area contributed by atoms with Crippen molar-refractivity contribution in [2.24, 2.45) is 0 Å². The van der Waals surface area contributed by atoms with Gasteiger partial charge in [-0.25, -0.2) is 0 Å². The number of rotatable bonds is 7. The molecule has 0 bridgehead atoms. The van der Waals surface area contributed by atoms with Crippen LogP contribution in [0.5, 0.6) is 17.2 Å². The number of methoxy groups -OCH3 is 1. The molecule has 27 heavy (non-hydrogen) atoms. The Labute approximate surface area is 155 Å². The number of hydrogen-bond donors (Lipinski definition) is 2. The first kappa shape index (κ1) is 18.5. The van der Waals surface area contributed by atoms with Gasteiger partial charge in [-0.15, -0.1) is 0 Å². The molecular weight excluding hydrogens is 354 g/mol. The van der Waals surface area contributed by atoms with Gasteiger partial charge in [0.2, 0.25) is 6.79 Å². The van der Waals surface area contributed by atoms with Crippen molar-refractivity contribution < 1.29 is 28.8 Å². The number of non-ortho nitro benzene ring substituents is 1. The molecule has 0 radical (unpaired) electrons. The van der Waals surface area contributed by atoms with E-state index >= 15 is 0 Å². The van der Waals surface area contributed by atoms with Crippen LogP contribution in [-0.4, -0.2) is 38.3 Å². The number of nitro benzene ring substituents is 1. The summed E-state index contributed by atoms with van der Waals surface area (Å²) in [6, 6.07) is 9.73. The predicted molar refractivity (Wildman–Crippen MR) is 96.3 cm³/mol. The van der Waals surface area contributed by atoms with Crippen molar-refractivity contribution in [2.45, 2.75) is 6.54 Å². The van der Waals surface area contributed by atoms with Crippen molar-refractivity contribution in [3.8, 4) is 17.2 Å². The third-order valence-electron chi connectivity index (χ3n) is 4.07. The Balaban J connectivity index is 1.62. The molecule has 1 atom stereocenters. The number of carbonyl (C=O) groups is 1. The second kappa shape index (κ2) is 7.92. The highest BCUT2D eigenvalue weighted by molar-refractivity contribution is 5.93. The van der Waals surface area contributed by atoms with E-state index in [-0.39, 0.29) is 30.6 Å². The van der Waals surface area contributed by atoms with Crippen LogP contribution in [0, 0.1) is 10.1 Å². The summed E-state index contributed by atoms with van der Waals surface area (Å²) in [5, 5.41) is 13.6. The lowest BCUT2D eigenvalue weighted by Gasteiger charge is -2.15. The topological polar surface area (TPSA) is 104 Å². The molecule has 1 aliphatic rings. The van der Waals surface area contributed by atoms with E-state index < -0.39 is 4.92 Å². The molecule has 0 aliphatic carbocycles. The number of ether oxygens (including phenoxy) is 3. The highest BCUT2D eigenvalue weighted by Crippen LogP contribution is 2.32. The van der Waals surface area contributed by atoms with Crippen LogP contribution in [0.1, 0.15) is 5.56 Å². The Bertz CT molecular complexity index is 870. The number of nitrogens with zero attached hydrogens (tertiary/aromatic N) is 1. The molecule has 0 aromatic heterocycles. The molecule has 9 heteroatoms. The van der Waals surface area contributed by atoms with Crippen molar-refractivity contribution in [2.75, 3.05) is 32.8 Å². The molecule has 1 unspecified atom stereocenters. The standard InChI is InChI=1S/C18H19N3O6/c1-20(9-12-3-5-16-17(7-12)27-11-26-16)10-18(22)19-14-8-13(21(23)24)4-6-15(14)25-2/h3-8H,9-11H2,1-2H3,(H,19,22)/p+1. The third-order valence-corrected chi connectivity index (χ3v) is 4.07. The Morgan fingerprint density at radius 3 is 2.78 bits per heavy atom. The second-order valence-electron chi connectivity index (χ2n) is 6.19. The summed E-state index contributed by atoms with van der Waals surface area (Å²) in [6.07, 6.45) is 0. The number of likely N-dealkylation sites (N-methyl/N-ethyl adjacent to an activating group) is 1. The number of benzene rings is 2. The number of amides is 1. The Kier molecular flexibility index (Phi) is 5.41. The second-order valence-corrected chi connectivity index (χ2v) is 6.19. The monoisotopic (exact) mass is 374 g/mol. The number of nitrogens with one attached hydrogen (secondary N) is 2. The lowest BCUT2D eigenvalue weighted by atomic mass is 10.2. The van der Waals surface area contributed by atoms with Gasteiger partial charge >= 0.3 is 0 Å². The van der Waals surface area contributed by atoms with Crippen molar-refractivity contribution >= 4 is 17.3 Å². The summed E-state index contributed by atoms with van der Waals surface area (Å²) in [5.41, 5.74) is 1.16. The van der Waals surface area contributed by atoms with Crippen LogP contribution in [0.4, 0.5) is 11.4 Å². The summed E-state index contributed by atoms with van der Waals surface area (Å²) in [6.45, 7) is 1.01. The van der Waals surface area contributed by atoms with Gasteiger partial charge in [-0.2, -0.15) is 0 Å². The van der Waals surface area contributed by atoms with Crippen LogP contribution >= 0.6 is 0 Å². The first-order chi connectivity index (χ1) is 13.0. The minimum absolute atomic E-state index is 0.118. The van der Waals surface area contributed by atoms with Crippen molar-refractivity contribution in [1.82, 2.24) is 0 Å². The van der Waals surface area contributed by atoms with E-state index in [1.54, 1.807) is 0 Å². The minimum Gasteiger partial charge on any atom is -0.495 e. The molecule has 0 saturated heterocycles. The van der Waals surface area contributed by atoms with Gasteiger partial charge in [-0.05, 0) is 24.3 Å². The average molecular weight is 374 g/mol. The number of hydrogen-bond acceptors (Lipinski definition) is 6. The van der Waals surface area contributed by atoms with E-state index in [0.29, 0.717) is 23.8 Å². The largest absolute Gasteiger partial charge is 0.495 e. The highest BCUT2D eigenvalue weighted by Gasteiger charge is 2.18. The van der Waals surface area contributed by atoms with E-state index in [4.69, 9.17) is 14.2 Å².